The van der Waals surface area contributed by atoms with E-state index in [-0.39, 0.29) is 0 Å². The first-order valence-corrected chi connectivity index (χ1v) is 5.35. The summed E-state index contributed by atoms with van der Waals surface area (Å²) >= 11 is 0. The van der Waals surface area contributed by atoms with Gasteiger partial charge in [0.15, 0.2) is 0 Å². The van der Waals surface area contributed by atoms with Crippen LogP contribution in [0.3, 0.4) is 0 Å². The first-order valence-electron chi connectivity index (χ1n) is 5.35. The minimum absolute atomic E-state index is 0.360. The standard InChI is InChI=1S/C13H16N4/c14-10-7-9(11(15)13(17)12(10)16)6-8-4-2-1-3-5-8/h1-5,7H,6,14-17H2. The molecule has 0 spiro atoms. The summed E-state index contributed by atoms with van der Waals surface area (Å²) in [6.07, 6.45) is 0.696. The summed E-state index contributed by atoms with van der Waals surface area (Å²) in [6, 6.07) is 11.8. The second kappa shape index (κ2) is 4.25. The lowest BCUT2D eigenvalue weighted by Gasteiger charge is -2.13. The average Bonchev–Trinajstić information content (AvgIpc) is 2.35. The van der Waals surface area contributed by atoms with Gasteiger partial charge in [-0.15, -0.1) is 0 Å². The van der Waals surface area contributed by atoms with Crippen molar-refractivity contribution >= 4 is 22.7 Å². The fraction of sp³-hybridized carbons (Fsp3) is 0.0769. The Hall–Kier alpha value is -2.36. The smallest absolute Gasteiger partial charge is 0.0805 e. The Morgan fingerprint density at radius 1 is 0.765 bits per heavy atom. The summed E-state index contributed by atoms with van der Waals surface area (Å²) in [5.74, 6) is 0. The summed E-state index contributed by atoms with van der Waals surface area (Å²) in [7, 11) is 0. The molecule has 0 amide bonds. The van der Waals surface area contributed by atoms with Crippen LogP contribution in [0.4, 0.5) is 22.7 Å². The molecule has 0 atom stereocenters. The Labute approximate surface area is 100 Å². The van der Waals surface area contributed by atoms with Crippen molar-refractivity contribution < 1.29 is 0 Å². The second-order valence-corrected chi connectivity index (χ2v) is 4.03. The van der Waals surface area contributed by atoms with Crippen molar-refractivity contribution in [3.8, 4) is 0 Å². The van der Waals surface area contributed by atoms with Gasteiger partial charge in [-0.3, -0.25) is 0 Å². The number of nitrogens with two attached hydrogens (primary N) is 4. The minimum Gasteiger partial charge on any atom is -0.397 e. The van der Waals surface area contributed by atoms with E-state index in [0.29, 0.717) is 29.2 Å². The van der Waals surface area contributed by atoms with Crippen molar-refractivity contribution in [1.29, 1.82) is 0 Å². The Balaban J connectivity index is 2.41. The van der Waals surface area contributed by atoms with Gasteiger partial charge < -0.3 is 22.9 Å². The lowest BCUT2D eigenvalue weighted by Crippen LogP contribution is -2.07. The third-order valence-electron chi connectivity index (χ3n) is 2.80. The molecule has 2 rings (SSSR count). The Kier molecular flexibility index (Phi) is 2.78. The van der Waals surface area contributed by atoms with Crippen LogP contribution in [0, 0.1) is 0 Å². The highest BCUT2D eigenvalue weighted by Gasteiger charge is 2.10. The van der Waals surface area contributed by atoms with Crippen LogP contribution in [-0.4, -0.2) is 0 Å². The maximum atomic E-state index is 5.94. The number of hydrogen-bond acceptors (Lipinski definition) is 4. The molecule has 2 aromatic rings. The molecule has 4 heteroatoms. The van der Waals surface area contributed by atoms with E-state index < -0.39 is 0 Å². The molecule has 0 aliphatic heterocycles. The van der Waals surface area contributed by atoms with Crippen LogP contribution in [0.1, 0.15) is 11.1 Å². The van der Waals surface area contributed by atoms with Gasteiger partial charge >= 0.3 is 0 Å². The SMILES string of the molecule is Nc1cc(Cc2ccccc2)c(N)c(N)c1N. The van der Waals surface area contributed by atoms with Gasteiger partial charge in [-0.05, 0) is 23.6 Å². The molecule has 0 heterocycles. The molecule has 2 aromatic carbocycles. The summed E-state index contributed by atoms with van der Waals surface area (Å²) in [6.45, 7) is 0. The molecule has 0 unspecified atom stereocenters. The van der Waals surface area contributed by atoms with Gasteiger partial charge in [0.05, 0.1) is 22.7 Å². The number of benzene rings is 2. The molecule has 0 aromatic heterocycles. The largest absolute Gasteiger partial charge is 0.397 e. The van der Waals surface area contributed by atoms with E-state index in [4.69, 9.17) is 22.9 Å². The van der Waals surface area contributed by atoms with E-state index >= 15 is 0 Å². The lowest BCUT2D eigenvalue weighted by molar-refractivity contribution is 1.20. The van der Waals surface area contributed by atoms with E-state index in [1.807, 2.05) is 30.3 Å². The molecule has 0 bridgehead atoms. The Bertz CT molecular complexity index is 535. The molecular formula is C13H16N4. The fourth-order valence-electron chi connectivity index (χ4n) is 1.78. The zero-order valence-electron chi connectivity index (χ0n) is 9.48. The molecule has 0 fully saturated rings. The van der Waals surface area contributed by atoms with Crippen LogP contribution in [0.15, 0.2) is 36.4 Å². The van der Waals surface area contributed by atoms with E-state index in [1.165, 1.54) is 0 Å². The van der Waals surface area contributed by atoms with Gasteiger partial charge in [-0.25, -0.2) is 0 Å². The minimum atomic E-state index is 0.360. The number of hydrogen-bond donors (Lipinski definition) is 4. The van der Waals surface area contributed by atoms with Gasteiger partial charge in [0.25, 0.3) is 0 Å². The van der Waals surface area contributed by atoms with Crippen LogP contribution in [-0.2, 0) is 6.42 Å². The van der Waals surface area contributed by atoms with Crippen LogP contribution >= 0.6 is 0 Å². The molecule has 8 N–H and O–H groups in total. The first-order chi connectivity index (χ1) is 8.09. The third-order valence-corrected chi connectivity index (χ3v) is 2.80. The van der Waals surface area contributed by atoms with E-state index in [9.17, 15) is 0 Å². The first kappa shape index (κ1) is 11.1. The molecule has 0 aliphatic carbocycles. The van der Waals surface area contributed by atoms with E-state index in [2.05, 4.69) is 0 Å². The average molecular weight is 228 g/mol. The van der Waals surface area contributed by atoms with Crippen LogP contribution < -0.4 is 22.9 Å². The van der Waals surface area contributed by atoms with Gasteiger partial charge in [-0.1, -0.05) is 30.3 Å². The Morgan fingerprint density at radius 3 is 2.06 bits per heavy atom. The highest BCUT2D eigenvalue weighted by Crippen LogP contribution is 2.33. The van der Waals surface area contributed by atoms with Crippen molar-refractivity contribution in [2.75, 3.05) is 22.9 Å². The van der Waals surface area contributed by atoms with Gasteiger partial charge in [0.1, 0.15) is 0 Å². The summed E-state index contributed by atoms with van der Waals surface area (Å²) in [4.78, 5) is 0. The quantitative estimate of drug-likeness (QED) is 0.586. The lowest BCUT2D eigenvalue weighted by atomic mass is 10.0. The molecular weight excluding hydrogens is 212 g/mol. The summed E-state index contributed by atoms with van der Waals surface area (Å²) in [5.41, 5.74) is 27.0. The molecule has 17 heavy (non-hydrogen) atoms. The molecule has 0 aliphatic rings. The topological polar surface area (TPSA) is 104 Å². The predicted octanol–water partition coefficient (Wildman–Crippen LogP) is 1.61. The van der Waals surface area contributed by atoms with Crippen molar-refractivity contribution in [2.24, 2.45) is 0 Å². The van der Waals surface area contributed by atoms with E-state index in [1.54, 1.807) is 6.07 Å². The summed E-state index contributed by atoms with van der Waals surface area (Å²) < 4.78 is 0. The third kappa shape index (κ3) is 2.10. The summed E-state index contributed by atoms with van der Waals surface area (Å²) in [5, 5.41) is 0. The molecule has 0 saturated carbocycles. The Morgan fingerprint density at radius 2 is 1.41 bits per heavy atom. The molecule has 4 nitrogen and oxygen atoms in total. The van der Waals surface area contributed by atoms with Crippen molar-refractivity contribution in [1.82, 2.24) is 0 Å². The van der Waals surface area contributed by atoms with Crippen molar-refractivity contribution in [3.63, 3.8) is 0 Å². The number of rotatable bonds is 2. The second-order valence-electron chi connectivity index (χ2n) is 4.03. The fourth-order valence-corrected chi connectivity index (χ4v) is 1.78. The highest BCUT2D eigenvalue weighted by atomic mass is 14.8. The van der Waals surface area contributed by atoms with Crippen LogP contribution in [0.2, 0.25) is 0 Å². The molecule has 88 valence electrons. The van der Waals surface area contributed by atoms with Crippen LogP contribution in [0.5, 0.6) is 0 Å². The van der Waals surface area contributed by atoms with Crippen molar-refractivity contribution in [2.45, 2.75) is 6.42 Å². The van der Waals surface area contributed by atoms with Gasteiger partial charge in [-0.2, -0.15) is 0 Å². The zero-order chi connectivity index (χ0) is 12.4. The van der Waals surface area contributed by atoms with Gasteiger partial charge in [0, 0.05) is 0 Å². The number of anilines is 4. The monoisotopic (exact) mass is 228 g/mol. The molecule has 0 radical (unpaired) electrons. The van der Waals surface area contributed by atoms with E-state index in [0.717, 1.165) is 11.1 Å². The molecule has 0 saturated heterocycles. The maximum absolute atomic E-state index is 5.94. The highest BCUT2D eigenvalue weighted by molar-refractivity contribution is 5.88. The number of nitrogen functional groups attached to an aromatic ring is 4. The normalized spacial score (nSPS) is 10.4. The van der Waals surface area contributed by atoms with Gasteiger partial charge in [0.2, 0.25) is 0 Å². The zero-order valence-corrected chi connectivity index (χ0v) is 9.48. The van der Waals surface area contributed by atoms with Crippen molar-refractivity contribution in [3.05, 3.63) is 47.5 Å². The predicted molar refractivity (Wildman–Crippen MR) is 73.3 cm³/mol. The van der Waals surface area contributed by atoms with Crippen LogP contribution in [0.25, 0.3) is 0 Å². The maximum Gasteiger partial charge on any atom is 0.0805 e.